The number of phenols is 1. The van der Waals surface area contributed by atoms with Gasteiger partial charge in [-0.2, -0.15) is 0 Å². The second kappa shape index (κ2) is 7.00. The zero-order valence-corrected chi connectivity index (χ0v) is 11.2. The highest BCUT2D eigenvalue weighted by Crippen LogP contribution is 2.24. The first-order valence-corrected chi connectivity index (χ1v) is 6.59. The summed E-state index contributed by atoms with van der Waals surface area (Å²) in [4.78, 5) is 22.3. The van der Waals surface area contributed by atoms with Gasteiger partial charge >= 0.3 is 5.97 Å². The summed E-state index contributed by atoms with van der Waals surface area (Å²) in [5.74, 6) is -1.49. The van der Waals surface area contributed by atoms with Gasteiger partial charge in [-0.15, -0.1) is 0 Å². The summed E-state index contributed by atoms with van der Waals surface area (Å²) >= 11 is 3.27. The van der Waals surface area contributed by atoms with Crippen LogP contribution in [-0.4, -0.2) is 27.4 Å². The van der Waals surface area contributed by atoms with Crippen molar-refractivity contribution in [1.82, 2.24) is 0 Å². The van der Waals surface area contributed by atoms with Crippen molar-refractivity contribution in [2.24, 2.45) is 0 Å². The van der Waals surface area contributed by atoms with Gasteiger partial charge in [0.15, 0.2) is 0 Å². The first-order chi connectivity index (χ1) is 8.54. The molecule has 1 rings (SSSR count). The van der Waals surface area contributed by atoms with Gasteiger partial charge in [-0.1, -0.05) is 15.9 Å². The number of unbranched alkanes of at least 4 members (excludes halogenated alkanes) is 1. The van der Waals surface area contributed by atoms with Crippen molar-refractivity contribution in [2.45, 2.75) is 19.3 Å². The van der Waals surface area contributed by atoms with E-state index in [1.165, 1.54) is 18.2 Å². The summed E-state index contributed by atoms with van der Waals surface area (Å²) < 4.78 is 0. The van der Waals surface area contributed by atoms with E-state index < -0.39 is 5.97 Å². The second-order valence-corrected chi connectivity index (χ2v) is 4.52. The van der Waals surface area contributed by atoms with Gasteiger partial charge in [0.05, 0.1) is 11.3 Å². The number of aromatic hydroxyl groups is 1. The molecule has 0 spiro atoms. The number of benzene rings is 1. The van der Waals surface area contributed by atoms with E-state index in [9.17, 15) is 14.7 Å². The highest BCUT2D eigenvalue weighted by atomic mass is 79.9. The number of carboxylic acid groups (broad SMARTS) is 1. The van der Waals surface area contributed by atoms with Crippen LogP contribution in [0.2, 0.25) is 0 Å². The van der Waals surface area contributed by atoms with Crippen molar-refractivity contribution in [3.63, 3.8) is 0 Å². The van der Waals surface area contributed by atoms with Crippen LogP contribution in [0.3, 0.4) is 0 Å². The monoisotopic (exact) mass is 315 g/mol. The number of carbonyl (C=O) groups is 2. The normalized spacial score (nSPS) is 10.1. The molecule has 1 amide bonds. The SMILES string of the molecule is O=C(CCCCBr)Nc1cc(C(=O)O)ccc1O. The lowest BCUT2D eigenvalue weighted by Crippen LogP contribution is -2.12. The van der Waals surface area contributed by atoms with E-state index in [0.717, 1.165) is 18.2 Å². The van der Waals surface area contributed by atoms with Crippen molar-refractivity contribution in [3.8, 4) is 5.75 Å². The average molecular weight is 316 g/mol. The minimum atomic E-state index is -1.11. The van der Waals surface area contributed by atoms with Crippen LogP contribution < -0.4 is 5.32 Å². The Bertz CT molecular complexity index is 448. The Balaban J connectivity index is 2.68. The maximum atomic E-state index is 11.5. The largest absolute Gasteiger partial charge is 0.506 e. The smallest absolute Gasteiger partial charge is 0.335 e. The topological polar surface area (TPSA) is 86.6 Å². The molecule has 1 aromatic carbocycles. The summed E-state index contributed by atoms with van der Waals surface area (Å²) in [6.07, 6.45) is 1.95. The minimum Gasteiger partial charge on any atom is -0.506 e. The highest BCUT2D eigenvalue weighted by molar-refractivity contribution is 9.09. The third-order valence-corrected chi connectivity index (χ3v) is 2.87. The number of aromatic carboxylic acids is 1. The van der Waals surface area contributed by atoms with Crippen LogP contribution in [0.15, 0.2) is 18.2 Å². The predicted molar refractivity (Wildman–Crippen MR) is 71.3 cm³/mol. The number of alkyl halides is 1. The number of nitrogens with one attached hydrogen (secondary N) is 1. The Morgan fingerprint density at radius 3 is 2.61 bits per heavy atom. The maximum Gasteiger partial charge on any atom is 0.335 e. The van der Waals surface area contributed by atoms with Crippen molar-refractivity contribution < 1.29 is 19.8 Å². The quantitative estimate of drug-likeness (QED) is 0.428. The lowest BCUT2D eigenvalue weighted by Gasteiger charge is -2.08. The number of carboxylic acids is 1. The average Bonchev–Trinajstić information content (AvgIpc) is 2.32. The number of rotatable bonds is 6. The maximum absolute atomic E-state index is 11.5. The van der Waals surface area contributed by atoms with Gasteiger partial charge in [0, 0.05) is 11.8 Å². The fraction of sp³-hybridized carbons (Fsp3) is 0.333. The van der Waals surface area contributed by atoms with E-state index in [-0.39, 0.29) is 22.9 Å². The number of phenolic OH excluding ortho intramolecular Hbond substituents is 1. The molecule has 18 heavy (non-hydrogen) atoms. The minimum absolute atomic E-state index is 0.0172. The Morgan fingerprint density at radius 1 is 1.28 bits per heavy atom. The molecule has 0 aliphatic carbocycles. The Morgan fingerprint density at radius 2 is 2.00 bits per heavy atom. The number of hydrogen-bond acceptors (Lipinski definition) is 3. The van der Waals surface area contributed by atoms with E-state index in [4.69, 9.17) is 5.11 Å². The van der Waals surface area contributed by atoms with Crippen molar-refractivity contribution in [3.05, 3.63) is 23.8 Å². The van der Waals surface area contributed by atoms with Crippen LogP contribution >= 0.6 is 15.9 Å². The number of halogens is 1. The van der Waals surface area contributed by atoms with E-state index >= 15 is 0 Å². The predicted octanol–water partition coefficient (Wildman–Crippen LogP) is 2.59. The molecule has 0 saturated carbocycles. The Kier molecular flexibility index (Phi) is 5.64. The lowest BCUT2D eigenvalue weighted by atomic mass is 10.1. The molecule has 0 aromatic heterocycles. The summed E-state index contributed by atoms with van der Waals surface area (Å²) in [5.41, 5.74) is 0.141. The molecule has 0 saturated heterocycles. The first kappa shape index (κ1) is 14.5. The lowest BCUT2D eigenvalue weighted by molar-refractivity contribution is -0.116. The fourth-order valence-corrected chi connectivity index (χ4v) is 1.76. The van der Waals surface area contributed by atoms with Crippen LogP contribution in [0.5, 0.6) is 5.75 Å². The number of anilines is 1. The standard InChI is InChI=1S/C12H14BrNO4/c13-6-2-1-3-11(16)14-9-7-8(12(17)18)4-5-10(9)15/h4-5,7,15H,1-3,6H2,(H,14,16)(H,17,18). The van der Waals surface area contributed by atoms with Crippen molar-refractivity contribution in [2.75, 3.05) is 10.6 Å². The zero-order valence-electron chi connectivity index (χ0n) is 9.65. The molecule has 0 bridgehead atoms. The molecule has 98 valence electrons. The van der Waals surface area contributed by atoms with Gasteiger partial charge < -0.3 is 15.5 Å². The summed E-state index contributed by atoms with van der Waals surface area (Å²) in [7, 11) is 0. The van der Waals surface area contributed by atoms with E-state index in [0.29, 0.717) is 6.42 Å². The van der Waals surface area contributed by atoms with Crippen LogP contribution in [0.1, 0.15) is 29.6 Å². The molecule has 3 N–H and O–H groups in total. The molecule has 0 atom stereocenters. The molecule has 0 aliphatic rings. The Labute approximate surface area is 113 Å². The third-order valence-electron chi connectivity index (χ3n) is 2.31. The number of hydrogen-bond donors (Lipinski definition) is 3. The molecular weight excluding hydrogens is 302 g/mol. The summed E-state index contributed by atoms with van der Waals surface area (Å²) in [5, 5.41) is 21.7. The molecule has 0 heterocycles. The summed E-state index contributed by atoms with van der Waals surface area (Å²) in [6.45, 7) is 0. The molecule has 1 aromatic rings. The molecule has 6 heteroatoms. The van der Waals surface area contributed by atoms with Gasteiger partial charge in [0.1, 0.15) is 5.75 Å². The van der Waals surface area contributed by atoms with Crippen LogP contribution in [-0.2, 0) is 4.79 Å². The molecule has 0 unspecified atom stereocenters. The molecule has 0 radical (unpaired) electrons. The Hall–Kier alpha value is -1.56. The fourth-order valence-electron chi connectivity index (χ4n) is 1.36. The first-order valence-electron chi connectivity index (χ1n) is 5.46. The van der Waals surface area contributed by atoms with E-state index in [2.05, 4.69) is 21.2 Å². The van der Waals surface area contributed by atoms with E-state index in [1.54, 1.807) is 0 Å². The van der Waals surface area contributed by atoms with Crippen LogP contribution in [0.4, 0.5) is 5.69 Å². The third kappa shape index (κ3) is 4.37. The van der Waals surface area contributed by atoms with Gasteiger partial charge in [0.2, 0.25) is 5.91 Å². The molecular formula is C12H14BrNO4. The zero-order chi connectivity index (χ0) is 13.5. The number of carbonyl (C=O) groups excluding carboxylic acids is 1. The van der Waals surface area contributed by atoms with Gasteiger partial charge in [0.25, 0.3) is 0 Å². The summed E-state index contributed by atoms with van der Waals surface area (Å²) in [6, 6.07) is 3.76. The molecule has 5 nitrogen and oxygen atoms in total. The van der Waals surface area contributed by atoms with Crippen molar-refractivity contribution in [1.29, 1.82) is 0 Å². The van der Waals surface area contributed by atoms with Crippen LogP contribution in [0, 0.1) is 0 Å². The van der Waals surface area contributed by atoms with Gasteiger partial charge in [-0.25, -0.2) is 4.79 Å². The highest BCUT2D eigenvalue weighted by Gasteiger charge is 2.10. The number of amides is 1. The van der Waals surface area contributed by atoms with Gasteiger partial charge in [-0.05, 0) is 31.0 Å². The molecule has 0 fully saturated rings. The second-order valence-electron chi connectivity index (χ2n) is 3.73. The van der Waals surface area contributed by atoms with Crippen molar-refractivity contribution >= 4 is 33.5 Å². The van der Waals surface area contributed by atoms with E-state index in [1.807, 2.05) is 0 Å². The molecule has 0 aliphatic heterocycles. The van der Waals surface area contributed by atoms with Gasteiger partial charge in [-0.3, -0.25) is 4.79 Å². The van der Waals surface area contributed by atoms with Crippen LogP contribution in [0.25, 0.3) is 0 Å².